The van der Waals surface area contributed by atoms with Crippen molar-refractivity contribution >= 4 is 97.7 Å². The van der Waals surface area contributed by atoms with E-state index in [0.29, 0.717) is 12.0 Å². The third-order valence-electron chi connectivity index (χ3n) is 15.5. The molecule has 0 amide bonds. The Morgan fingerprint density at radius 1 is 0.413 bits per heavy atom. The second kappa shape index (κ2) is 11.8. The highest BCUT2D eigenvalue weighted by Crippen LogP contribution is 2.56. The second-order valence-corrected chi connectivity index (χ2v) is 18.4. The van der Waals surface area contributed by atoms with Gasteiger partial charge in [0, 0.05) is 63.5 Å². The normalized spacial score (nSPS) is 18.6. The van der Waals surface area contributed by atoms with Gasteiger partial charge < -0.3 is 28.7 Å². The molecule has 294 valence electrons. The Morgan fingerprint density at radius 3 is 1.52 bits per heavy atom. The smallest absolute Gasteiger partial charge is 0.261 e. The molecule has 63 heavy (non-hydrogen) atoms. The highest BCUT2D eigenvalue weighted by atomic mass is 16.5. The quantitative estimate of drug-likeness (QED) is 0.168. The summed E-state index contributed by atoms with van der Waals surface area (Å²) in [5.74, 6) is 7.50. The van der Waals surface area contributed by atoms with Crippen molar-refractivity contribution in [2.75, 3.05) is 9.80 Å². The van der Waals surface area contributed by atoms with Gasteiger partial charge in [-0.15, -0.1) is 0 Å². The molecule has 1 fully saturated rings. The molecule has 0 radical (unpaired) electrons. The molecule has 9 heteroatoms. The Kier molecular flexibility index (Phi) is 6.26. The first-order valence-corrected chi connectivity index (χ1v) is 22.6. The zero-order valence-corrected chi connectivity index (χ0v) is 34.2. The summed E-state index contributed by atoms with van der Waals surface area (Å²) in [5, 5.41) is 0. The van der Waals surface area contributed by atoms with Gasteiger partial charge >= 0.3 is 0 Å². The number of ether oxygens (including phenoxy) is 4. The van der Waals surface area contributed by atoms with Crippen molar-refractivity contribution in [2.24, 2.45) is 0 Å². The van der Waals surface area contributed by atoms with Gasteiger partial charge in [0.05, 0.1) is 0 Å². The molecular formula is C54H35B3N2O4. The molecule has 8 aromatic rings. The van der Waals surface area contributed by atoms with Crippen molar-refractivity contribution in [2.45, 2.75) is 37.6 Å². The summed E-state index contributed by atoms with van der Waals surface area (Å²) < 4.78 is 29.0. The standard InChI is InChI=1S/C54H35B3N2O4/c1-2-14-30(15-3-1)58-38-27-26-32-31-16-4-9-21-37(31)59-40-29-46-51-54(63-44-25-13-8-20-36(44)56(51)34-18-6-11-23-42(34)61-46)49(40)57(47(38)52(32)59)48-39(58)28-45-50-53(48)62-43-24-12-7-19-35(43)55(50)33-17-5-10-22-41(33)60-45/h1-3,5-8,10-15,17-20,22-29,31,37H,4,9,16,21H2. The van der Waals surface area contributed by atoms with Gasteiger partial charge in [-0.2, -0.15) is 0 Å². The van der Waals surface area contributed by atoms with Gasteiger partial charge in [-0.1, -0.05) is 110 Å². The molecule has 8 aromatic carbocycles. The van der Waals surface area contributed by atoms with Crippen molar-refractivity contribution in [1.82, 2.24) is 0 Å². The summed E-state index contributed by atoms with van der Waals surface area (Å²) in [6, 6.07) is 55.1. The third kappa shape index (κ3) is 4.10. The molecule has 1 aliphatic carbocycles. The fourth-order valence-electron chi connectivity index (χ4n) is 13.2. The molecule has 2 atom stereocenters. The molecule has 0 saturated heterocycles. The molecule has 1 saturated carbocycles. The van der Waals surface area contributed by atoms with Crippen LogP contribution in [0, 0.1) is 0 Å². The van der Waals surface area contributed by atoms with E-state index in [2.05, 4.69) is 161 Å². The van der Waals surface area contributed by atoms with Gasteiger partial charge in [0.15, 0.2) is 0 Å². The van der Waals surface area contributed by atoms with Crippen LogP contribution in [0.1, 0.15) is 37.2 Å². The van der Waals surface area contributed by atoms with Gasteiger partial charge in [-0.05, 0) is 99.1 Å². The summed E-state index contributed by atoms with van der Waals surface area (Å²) in [6.45, 7) is -0.348. The predicted molar refractivity (Wildman–Crippen MR) is 255 cm³/mol. The first kappa shape index (κ1) is 33.4. The maximum atomic E-state index is 7.46. The van der Waals surface area contributed by atoms with E-state index in [1.807, 2.05) is 0 Å². The van der Waals surface area contributed by atoms with Crippen LogP contribution in [-0.4, -0.2) is 26.2 Å². The lowest BCUT2D eigenvalue weighted by molar-refractivity contribution is 0.401. The molecule has 16 rings (SSSR count). The number of para-hydroxylation sites is 5. The lowest BCUT2D eigenvalue weighted by Gasteiger charge is -2.47. The summed E-state index contributed by atoms with van der Waals surface area (Å²) >= 11 is 0. The van der Waals surface area contributed by atoms with Gasteiger partial charge in [-0.25, -0.2) is 0 Å². The minimum atomic E-state index is -0.233. The first-order valence-electron chi connectivity index (χ1n) is 22.6. The fourth-order valence-corrected chi connectivity index (χ4v) is 13.2. The van der Waals surface area contributed by atoms with E-state index in [1.54, 1.807) is 0 Å². The SMILES string of the molecule is c1ccc(N2c3cc4c5c(c3B3c6c(cc7c8c6Oc6ccccc6B8c6ccccc6O7)N6c7c(ccc2c73)C2CCCCC26)Oc2ccccc2B5c2ccccc2O4)cc1. The average molecular weight is 808 g/mol. The van der Waals surface area contributed by atoms with Gasteiger partial charge in [0.1, 0.15) is 46.0 Å². The lowest BCUT2D eigenvalue weighted by Crippen LogP contribution is -2.67. The van der Waals surface area contributed by atoms with E-state index in [9.17, 15) is 0 Å². The van der Waals surface area contributed by atoms with E-state index in [-0.39, 0.29) is 20.1 Å². The average Bonchev–Trinajstić information content (AvgIpc) is 3.68. The molecule has 6 nitrogen and oxygen atoms in total. The fraction of sp³-hybridized carbons (Fsp3) is 0.111. The number of anilines is 5. The van der Waals surface area contributed by atoms with Crippen LogP contribution in [-0.2, 0) is 0 Å². The summed E-state index contributed by atoms with van der Waals surface area (Å²) in [6.07, 6.45) is 4.77. The van der Waals surface area contributed by atoms with E-state index in [0.717, 1.165) is 102 Å². The number of rotatable bonds is 1. The number of fused-ring (bicyclic) bond motifs is 18. The number of hydrogen-bond acceptors (Lipinski definition) is 6. The van der Waals surface area contributed by atoms with Crippen LogP contribution in [0.2, 0.25) is 0 Å². The minimum Gasteiger partial charge on any atom is -0.459 e. The molecular weight excluding hydrogens is 773 g/mol. The highest BCUT2D eigenvalue weighted by molar-refractivity contribution is 7.05. The van der Waals surface area contributed by atoms with Crippen LogP contribution < -0.4 is 77.9 Å². The van der Waals surface area contributed by atoms with Crippen LogP contribution in [0.15, 0.2) is 152 Å². The molecule has 0 aromatic heterocycles. The van der Waals surface area contributed by atoms with Gasteiger partial charge in [0.2, 0.25) is 0 Å². The monoisotopic (exact) mass is 808 g/mol. The molecule has 0 bridgehead atoms. The molecule has 0 N–H and O–H groups in total. The minimum absolute atomic E-state index is 0.0495. The molecule has 7 aliphatic heterocycles. The molecule has 0 spiro atoms. The maximum absolute atomic E-state index is 7.46. The van der Waals surface area contributed by atoms with E-state index < -0.39 is 0 Å². The van der Waals surface area contributed by atoms with Crippen molar-refractivity contribution in [3.8, 4) is 46.0 Å². The van der Waals surface area contributed by atoms with Crippen molar-refractivity contribution < 1.29 is 18.9 Å². The van der Waals surface area contributed by atoms with E-state index >= 15 is 0 Å². The number of benzene rings is 8. The molecule has 8 aliphatic rings. The summed E-state index contributed by atoms with van der Waals surface area (Å²) in [5.41, 5.74) is 17.8. The molecule has 2 unspecified atom stereocenters. The number of nitrogens with zero attached hydrogens (tertiary/aromatic N) is 2. The van der Waals surface area contributed by atoms with Crippen LogP contribution >= 0.6 is 0 Å². The Hall–Kier alpha value is -7.25. The largest absolute Gasteiger partial charge is 0.459 e. The summed E-state index contributed by atoms with van der Waals surface area (Å²) in [4.78, 5) is 5.22. The molecule has 7 heterocycles. The van der Waals surface area contributed by atoms with Crippen LogP contribution in [0.3, 0.4) is 0 Å². The van der Waals surface area contributed by atoms with Crippen molar-refractivity contribution in [3.63, 3.8) is 0 Å². The Balaban J connectivity index is 1.07. The van der Waals surface area contributed by atoms with Crippen LogP contribution in [0.25, 0.3) is 0 Å². The topological polar surface area (TPSA) is 43.4 Å². The highest BCUT2D eigenvalue weighted by Gasteiger charge is 2.56. The third-order valence-corrected chi connectivity index (χ3v) is 15.5. The lowest BCUT2D eigenvalue weighted by atomic mass is 9.29. The van der Waals surface area contributed by atoms with Crippen LogP contribution in [0.4, 0.5) is 28.4 Å². The Bertz CT molecular complexity index is 3370. The predicted octanol–water partition coefficient (Wildman–Crippen LogP) is 6.93. The van der Waals surface area contributed by atoms with Crippen LogP contribution in [0.5, 0.6) is 46.0 Å². The maximum Gasteiger partial charge on any atom is 0.261 e. The zero-order valence-electron chi connectivity index (χ0n) is 34.2. The Labute approximate surface area is 365 Å². The van der Waals surface area contributed by atoms with Gasteiger partial charge in [-0.3, -0.25) is 0 Å². The Morgan fingerprint density at radius 2 is 0.921 bits per heavy atom. The summed E-state index contributed by atoms with van der Waals surface area (Å²) in [7, 11) is 0. The van der Waals surface area contributed by atoms with Gasteiger partial charge in [0.25, 0.3) is 20.1 Å². The van der Waals surface area contributed by atoms with Crippen molar-refractivity contribution in [1.29, 1.82) is 0 Å². The second-order valence-electron chi connectivity index (χ2n) is 18.4. The number of hydrogen-bond donors (Lipinski definition) is 0. The van der Waals surface area contributed by atoms with E-state index in [1.165, 1.54) is 52.8 Å². The zero-order chi connectivity index (χ0) is 40.7. The first-order chi connectivity index (χ1) is 31.3. The van der Waals surface area contributed by atoms with Crippen molar-refractivity contribution in [3.05, 3.63) is 157 Å². The van der Waals surface area contributed by atoms with E-state index in [4.69, 9.17) is 18.9 Å².